The summed E-state index contributed by atoms with van der Waals surface area (Å²) in [4.78, 5) is 16.3. The Morgan fingerprint density at radius 2 is 2.11 bits per heavy atom. The molecule has 0 atom stereocenters. The molecule has 0 N–H and O–H groups in total. The lowest BCUT2D eigenvalue weighted by Gasteiger charge is -2.14. The quantitative estimate of drug-likeness (QED) is 0.802. The fourth-order valence-corrected chi connectivity index (χ4v) is 3.26. The van der Waals surface area contributed by atoms with Crippen LogP contribution in [0.15, 0.2) is 23.1 Å². The highest BCUT2D eigenvalue weighted by Crippen LogP contribution is 2.33. The average molecular weight is 274 g/mol. The van der Waals surface area contributed by atoms with Gasteiger partial charge in [-0.2, -0.15) is 0 Å². The Morgan fingerprint density at radius 1 is 1.37 bits per heavy atom. The maximum Gasteiger partial charge on any atom is 0.0716 e. The van der Waals surface area contributed by atoms with Crippen LogP contribution in [0.1, 0.15) is 23.7 Å². The minimum absolute atomic E-state index is 0.0283. The number of aryl methyl sites for hydroxylation is 2. The molecule has 4 heteroatoms. The molecule has 1 aromatic heterocycles. The minimum atomic E-state index is -1.04. The monoisotopic (exact) mass is 274 g/mol. The first-order chi connectivity index (χ1) is 9.02. The van der Waals surface area contributed by atoms with E-state index in [9.17, 15) is 9.90 Å². The summed E-state index contributed by atoms with van der Waals surface area (Å²) >= 11 is 1.33. The van der Waals surface area contributed by atoms with E-state index < -0.39 is 5.97 Å². The van der Waals surface area contributed by atoms with E-state index in [2.05, 4.69) is 18.0 Å². The van der Waals surface area contributed by atoms with Gasteiger partial charge in [-0.1, -0.05) is 18.6 Å². The third-order valence-corrected chi connectivity index (χ3v) is 4.22. The van der Waals surface area contributed by atoms with Gasteiger partial charge in [0.25, 0.3) is 0 Å². The smallest absolute Gasteiger partial charge is 0.0716 e. The van der Waals surface area contributed by atoms with Crippen LogP contribution in [-0.4, -0.2) is 16.7 Å². The van der Waals surface area contributed by atoms with Crippen LogP contribution in [0, 0.1) is 13.8 Å². The molecule has 19 heavy (non-hydrogen) atoms. The Balaban J connectivity index is 2.65. The van der Waals surface area contributed by atoms with Gasteiger partial charge in [-0.3, -0.25) is 4.98 Å². The highest BCUT2D eigenvalue weighted by Gasteiger charge is 2.12. The van der Waals surface area contributed by atoms with Crippen LogP contribution in [0.3, 0.4) is 0 Å². The highest BCUT2D eigenvalue weighted by atomic mass is 32.2. The van der Waals surface area contributed by atoms with Crippen molar-refractivity contribution in [1.82, 2.24) is 4.98 Å². The second-order valence-electron chi connectivity index (χ2n) is 4.54. The standard InChI is InChI=1S/C15H17NO2S/c1-4-11-10(3)16-13-6-5-9(2)7-12(13)15(11)19-8-14(17)18/h5-7H,4,8H2,1-3H3,(H,17,18)/p-1. The summed E-state index contributed by atoms with van der Waals surface area (Å²) in [6.45, 7) is 6.06. The molecule has 2 aromatic rings. The zero-order chi connectivity index (χ0) is 14.0. The lowest BCUT2D eigenvalue weighted by atomic mass is 10.1. The van der Waals surface area contributed by atoms with Gasteiger partial charge in [-0.15, -0.1) is 11.8 Å². The van der Waals surface area contributed by atoms with Crippen LogP contribution in [0.2, 0.25) is 0 Å². The Bertz CT molecular complexity index is 638. The zero-order valence-corrected chi connectivity index (χ0v) is 12.1. The predicted octanol–water partition coefficient (Wildman–Crippen LogP) is 2.26. The number of benzene rings is 1. The molecule has 100 valence electrons. The average Bonchev–Trinajstić information content (AvgIpc) is 2.36. The molecule has 0 saturated heterocycles. The van der Waals surface area contributed by atoms with E-state index >= 15 is 0 Å². The van der Waals surface area contributed by atoms with Gasteiger partial charge in [-0.05, 0) is 38.0 Å². The number of hydrogen-bond donors (Lipinski definition) is 0. The van der Waals surface area contributed by atoms with Gasteiger partial charge >= 0.3 is 0 Å². The zero-order valence-electron chi connectivity index (χ0n) is 11.3. The maximum absolute atomic E-state index is 10.7. The number of pyridine rings is 1. The van der Waals surface area contributed by atoms with E-state index in [1.807, 2.05) is 26.0 Å². The second kappa shape index (κ2) is 5.61. The Kier molecular flexibility index (Phi) is 4.10. The highest BCUT2D eigenvalue weighted by molar-refractivity contribution is 8.00. The van der Waals surface area contributed by atoms with Crippen molar-refractivity contribution < 1.29 is 9.90 Å². The van der Waals surface area contributed by atoms with E-state index in [1.165, 1.54) is 11.8 Å². The molecule has 0 amide bonds. The number of fused-ring (bicyclic) bond motifs is 1. The molecule has 3 nitrogen and oxygen atoms in total. The Hall–Kier alpha value is -1.55. The van der Waals surface area contributed by atoms with Crippen LogP contribution in [-0.2, 0) is 11.2 Å². The van der Waals surface area contributed by atoms with Crippen molar-refractivity contribution in [3.05, 3.63) is 35.0 Å². The summed E-state index contributed by atoms with van der Waals surface area (Å²) in [6, 6.07) is 6.08. The topological polar surface area (TPSA) is 53.0 Å². The van der Waals surface area contributed by atoms with Crippen molar-refractivity contribution in [3.8, 4) is 0 Å². The summed E-state index contributed by atoms with van der Waals surface area (Å²) in [7, 11) is 0. The lowest BCUT2D eigenvalue weighted by Crippen LogP contribution is -2.24. The molecule has 1 heterocycles. The molecule has 0 bridgehead atoms. The summed E-state index contributed by atoms with van der Waals surface area (Å²) in [5, 5.41) is 11.7. The van der Waals surface area contributed by atoms with Crippen LogP contribution >= 0.6 is 11.8 Å². The van der Waals surface area contributed by atoms with Crippen LogP contribution in [0.5, 0.6) is 0 Å². The van der Waals surface area contributed by atoms with Gasteiger partial charge < -0.3 is 9.90 Å². The molecule has 0 aliphatic heterocycles. The number of aliphatic carboxylic acids is 1. The number of thioether (sulfide) groups is 1. The first-order valence-electron chi connectivity index (χ1n) is 6.25. The van der Waals surface area contributed by atoms with E-state index in [0.717, 1.165) is 39.0 Å². The number of carboxylic acids is 1. The lowest BCUT2D eigenvalue weighted by molar-refractivity contribution is -0.301. The molecule has 0 fully saturated rings. The number of hydrogen-bond acceptors (Lipinski definition) is 4. The van der Waals surface area contributed by atoms with Crippen molar-refractivity contribution in [1.29, 1.82) is 0 Å². The van der Waals surface area contributed by atoms with Crippen LogP contribution < -0.4 is 5.11 Å². The first kappa shape index (κ1) is 13.9. The second-order valence-corrected chi connectivity index (χ2v) is 5.53. The predicted molar refractivity (Wildman–Crippen MR) is 76.3 cm³/mol. The maximum atomic E-state index is 10.7. The van der Waals surface area contributed by atoms with Crippen LogP contribution in [0.25, 0.3) is 10.9 Å². The van der Waals surface area contributed by atoms with Crippen molar-refractivity contribution in [2.45, 2.75) is 32.1 Å². The van der Waals surface area contributed by atoms with Gasteiger partial charge in [0.05, 0.1) is 11.5 Å². The van der Waals surface area contributed by atoms with E-state index in [1.54, 1.807) is 0 Å². The first-order valence-corrected chi connectivity index (χ1v) is 7.24. The van der Waals surface area contributed by atoms with Gasteiger partial charge in [0.15, 0.2) is 0 Å². The van der Waals surface area contributed by atoms with Crippen molar-refractivity contribution in [3.63, 3.8) is 0 Å². The van der Waals surface area contributed by atoms with Crippen molar-refractivity contribution in [2.24, 2.45) is 0 Å². The molecule has 0 saturated carbocycles. The van der Waals surface area contributed by atoms with E-state index in [4.69, 9.17) is 0 Å². The number of carboxylic acid groups (broad SMARTS) is 1. The summed E-state index contributed by atoms with van der Waals surface area (Å²) in [5.74, 6) is -1.07. The van der Waals surface area contributed by atoms with Gasteiger partial charge in [0, 0.05) is 21.7 Å². The summed E-state index contributed by atoms with van der Waals surface area (Å²) in [5.41, 5.74) is 4.17. The largest absolute Gasteiger partial charge is 0.549 e. The third-order valence-electron chi connectivity index (χ3n) is 3.08. The number of rotatable bonds is 4. The molecule has 0 unspecified atom stereocenters. The van der Waals surface area contributed by atoms with Crippen LogP contribution in [0.4, 0.5) is 0 Å². The minimum Gasteiger partial charge on any atom is -0.549 e. The SMILES string of the molecule is CCc1c(C)nc2ccc(C)cc2c1SCC(=O)[O-]. The number of nitrogens with zero attached hydrogens (tertiary/aromatic N) is 1. The van der Waals surface area contributed by atoms with Gasteiger partial charge in [0.2, 0.25) is 0 Å². The Morgan fingerprint density at radius 3 is 2.74 bits per heavy atom. The van der Waals surface area contributed by atoms with Gasteiger partial charge in [0.1, 0.15) is 0 Å². The molecule has 0 aliphatic rings. The van der Waals surface area contributed by atoms with Crippen molar-refractivity contribution in [2.75, 3.05) is 5.75 Å². The molecule has 1 aromatic carbocycles. The molecular weight excluding hydrogens is 258 g/mol. The number of carbonyl (C=O) groups is 1. The molecule has 0 aliphatic carbocycles. The normalized spacial score (nSPS) is 10.9. The van der Waals surface area contributed by atoms with Gasteiger partial charge in [-0.25, -0.2) is 0 Å². The molecular formula is C15H16NO2S-. The number of carbonyl (C=O) groups excluding carboxylic acids is 1. The third kappa shape index (κ3) is 2.89. The molecule has 0 spiro atoms. The molecule has 0 radical (unpaired) electrons. The fraction of sp³-hybridized carbons (Fsp3) is 0.333. The molecule has 2 rings (SSSR count). The van der Waals surface area contributed by atoms with E-state index in [0.29, 0.717) is 0 Å². The number of aromatic nitrogens is 1. The fourth-order valence-electron chi connectivity index (χ4n) is 2.22. The van der Waals surface area contributed by atoms with Crippen molar-refractivity contribution >= 4 is 28.6 Å². The van der Waals surface area contributed by atoms with E-state index in [-0.39, 0.29) is 5.75 Å². The summed E-state index contributed by atoms with van der Waals surface area (Å²) < 4.78 is 0. The Labute approximate surface area is 117 Å². The summed E-state index contributed by atoms with van der Waals surface area (Å²) in [6.07, 6.45) is 0.845.